The van der Waals surface area contributed by atoms with Crippen LogP contribution in [0.25, 0.3) is 99.3 Å². The predicted octanol–water partition coefficient (Wildman–Crippen LogP) is 13.0. The van der Waals surface area contributed by atoms with Crippen molar-refractivity contribution in [3.63, 3.8) is 0 Å². The van der Waals surface area contributed by atoms with Crippen molar-refractivity contribution < 1.29 is 0 Å². The predicted molar refractivity (Wildman–Crippen MR) is 229 cm³/mol. The largest absolute Gasteiger partial charge is 0.309 e. The van der Waals surface area contributed by atoms with E-state index in [0.29, 0.717) is 5.82 Å². The maximum atomic E-state index is 5.53. The van der Waals surface area contributed by atoms with Gasteiger partial charge in [0, 0.05) is 43.6 Å². The number of nitrogens with zero attached hydrogens (tertiary/aromatic N) is 4. The zero-order valence-corrected chi connectivity index (χ0v) is 30.5. The molecule has 4 nitrogen and oxygen atoms in total. The molecule has 0 amide bonds. The summed E-state index contributed by atoms with van der Waals surface area (Å²) in [4.78, 5) is 10.7. The van der Waals surface area contributed by atoms with Crippen LogP contribution in [0.5, 0.6) is 0 Å². The maximum Gasteiger partial charge on any atom is 0.162 e. The summed E-state index contributed by atoms with van der Waals surface area (Å²) in [5.74, 6) is 1.59. The summed E-state index contributed by atoms with van der Waals surface area (Å²) in [6.45, 7) is 4.71. The van der Waals surface area contributed by atoms with E-state index in [1.165, 1.54) is 65.6 Å². The quantitative estimate of drug-likeness (QED) is 0.184. The highest BCUT2D eigenvalue weighted by Crippen LogP contribution is 2.51. The Morgan fingerprint density at radius 3 is 1.89 bits per heavy atom. The number of aromatic nitrogens is 4. The molecular weight excluding hydrogens is 669 g/mol. The standard InChI is InChI=1S/C51H34N4/c1-51(2)42-19-9-5-15-35(42)40-29-41-38-26-25-34(54-45-21-11-7-16-36(45)37-17-8-12-22-46(37)54)28-47(38)55(48(41)30-43(40)51)50-39-18-6-10-20-44(39)52-49(53-50)33-24-23-31-13-3-4-14-32(31)27-33/h3-30H,1-2H3. The Morgan fingerprint density at radius 1 is 0.418 bits per heavy atom. The van der Waals surface area contributed by atoms with E-state index in [0.717, 1.165) is 39.0 Å². The second-order valence-corrected chi connectivity index (χ2v) is 15.4. The van der Waals surface area contributed by atoms with Gasteiger partial charge in [-0.3, -0.25) is 4.57 Å². The smallest absolute Gasteiger partial charge is 0.162 e. The molecule has 1 aliphatic rings. The van der Waals surface area contributed by atoms with Crippen LogP contribution in [-0.4, -0.2) is 19.1 Å². The number of hydrogen-bond donors (Lipinski definition) is 0. The fourth-order valence-corrected chi connectivity index (χ4v) is 9.46. The molecule has 0 N–H and O–H groups in total. The second kappa shape index (κ2) is 11.0. The monoisotopic (exact) mass is 702 g/mol. The lowest BCUT2D eigenvalue weighted by molar-refractivity contribution is 0.661. The molecule has 0 saturated heterocycles. The zero-order chi connectivity index (χ0) is 36.4. The van der Waals surface area contributed by atoms with Gasteiger partial charge in [0.2, 0.25) is 0 Å². The summed E-state index contributed by atoms with van der Waals surface area (Å²) in [5.41, 5.74) is 12.8. The van der Waals surface area contributed by atoms with Gasteiger partial charge in [-0.05, 0) is 87.6 Å². The van der Waals surface area contributed by atoms with Crippen LogP contribution < -0.4 is 0 Å². The van der Waals surface area contributed by atoms with Gasteiger partial charge in [0.25, 0.3) is 0 Å². The highest BCUT2D eigenvalue weighted by Gasteiger charge is 2.36. The fraction of sp³-hybridized carbons (Fsp3) is 0.0588. The molecule has 0 spiro atoms. The van der Waals surface area contributed by atoms with Crippen LogP contribution >= 0.6 is 0 Å². The van der Waals surface area contributed by atoms with Crippen LogP contribution in [0, 0.1) is 0 Å². The second-order valence-electron chi connectivity index (χ2n) is 15.4. The lowest BCUT2D eigenvalue weighted by atomic mass is 9.82. The SMILES string of the molecule is CC1(C)c2ccccc2-c2cc3c4ccc(-n5c6ccccc6c6ccccc65)cc4n(-c4nc(-c5ccc6ccccc6c5)nc5ccccc45)c3cc21. The van der Waals surface area contributed by atoms with E-state index in [1.54, 1.807) is 0 Å². The van der Waals surface area contributed by atoms with Gasteiger partial charge in [-0.25, -0.2) is 9.97 Å². The van der Waals surface area contributed by atoms with Crippen molar-refractivity contribution in [2.24, 2.45) is 0 Å². The molecule has 12 rings (SSSR count). The minimum absolute atomic E-state index is 0.153. The van der Waals surface area contributed by atoms with E-state index in [-0.39, 0.29) is 5.41 Å². The first-order valence-electron chi connectivity index (χ1n) is 19.0. The van der Waals surface area contributed by atoms with Crippen molar-refractivity contribution in [3.05, 3.63) is 181 Å². The molecular formula is C51H34N4. The highest BCUT2D eigenvalue weighted by molar-refractivity contribution is 6.14. The van der Waals surface area contributed by atoms with Crippen LogP contribution in [0.4, 0.5) is 0 Å². The molecule has 3 aromatic heterocycles. The minimum Gasteiger partial charge on any atom is -0.309 e. The molecule has 0 unspecified atom stereocenters. The number of benzene rings is 8. The first-order valence-corrected chi connectivity index (χ1v) is 19.0. The Balaban J connectivity index is 1.21. The normalized spacial score (nSPS) is 13.4. The lowest BCUT2D eigenvalue weighted by Crippen LogP contribution is -2.15. The molecule has 4 heteroatoms. The third-order valence-electron chi connectivity index (χ3n) is 12.1. The number of fused-ring (bicyclic) bond motifs is 11. The summed E-state index contributed by atoms with van der Waals surface area (Å²) in [7, 11) is 0. The molecule has 1 aliphatic carbocycles. The van der Waals surface area contributed by atoms with Crippen molar-refractivity contribution in [3.8, 4) is 34.0 Å². The lowest BCUT2D eigenvalue weighted by Gasteiger charge is -2.21. The molecule has 0 bridgehead atoms. The van der Waals surface area contributed by atoms with Crippen molar-refractivity contribution in [1.82, 2.24) is 19.1 Å². The molecule has 0 atom stereocenters. The molecule has 3 heterocycles. The number of para-hydroxylation sites is 3. The van der Waals surface area contributed by atoms with Crippen LogP contribution in [0.3, 0.4) is 0 Å². The van der Waals surface area contributed by atoms with Crippen LogP contribution in [0.2, 0.25) is 0 Å². The van der Waals surface area contributed by atoms with Crippen molar-refractivity contribution in [2.45, 2.75) is 19.3 Å². The summed E-state index contributed by atoms with van der Waals surface area (Å²) in [6, 6.07) is 61.6. The maximum absolute atomic E-state index is 5.53. The average Bonchev–Trinajstić information content (AvgIpc) is 3.82. The molecule has 55 heavy (non-hydrogen) atoms. The molecule has 258 valence electrons. The summed E-state index contributed by atoms with van der Waals surface area (Å²) in [5, 5.41) is 8.28. The van der Waals surface area contributed by atoms with Gasteiger partial charge in [-0.1, -0.05) is 129 Å². The number of rotatable bonds is 3. The molecule has 0 saturated carbocycles. The summed E-state index contributed by atoms with van der Waals surface area (Å²) in [6.07, 6.45) is 0. The van der Waals surface area contributed by atoms with Gasteiger partial charge in [0.05, 0.1) is 27.6 Å². The molecule has 0 radical (unpaired) electrons. The fourth-order valence-electron chi connectivity index (χ4n) is 9.46. The molecule has 8 aromatic carbocycles. The Morgan fingerprint density at radius 2 is 1.07 bits per heavy atom. The molecule has 0 fully saturated rings. The average molecular weight is 703 g/mol. The van der Waals surface area contributed by atoms with E-state index in [2.05, 4.69) is 193 Å². The highest BCUT2D eigenvalue weighted by atomic mass is 15.1. The third-order valence-corrected chi connectivity index (χ3v) is 12.1. The Labute approximate surface area is 317 Å². The summed E-state index contributed by atoms with van der Waals surface area (Å²) >= 11 is 0. The Bertz CT molecular complexity index is 3360. The van der Waals surface area contributed by atoms with E-state index in [4.69, 9.17) is 9.97 Å². The van der Waals surface area contributed by atoms with Gasteiger partial charge < -0.3 is 4.57 Å². The van der Waals surface area contributed by atoms with Crippen LogP contribution in [0.1, 0.15) is 25.0 Å². The molecule has 11 aromatic rings. The Hall–Kier alpha value is -7.04. The van der Waals surface area contributed by atoms with E-state index in [9.17, 15) is 0 Å². The Kier molecular flexibility index (Phi) is 6.09. The van der Waals surface area contributed by atoms with Crippen molar-refractivity contribution in [1.29, 1.82) is 0 Å². The van der Waals surface area contributed by atoms with E-state index < -0.39 is 0 Å². The minimum atomic E-state index is -0.153. The van der Waals surface area contributed by atoms with Gasteiger partial charge in [0.1, 0.15) is 5.82 Å². The zero-order valence-electron chi connectivity index (χ0n) is 30.5. The van der Waals surface area contributed by atoms with Gasteiger partial charge in [-0.15, -0.1) is 0 Å². The van der Waals surface area contributed by atoms with Gasteiger partial charge in [0.15, 0.2) is 5.82 Å². The first-order chi connectivity index (χ1) is 27.0. The number of hydrogen-bond acceptors (Lipinski definition) is 2. The van der Waals surface area contributed by atoms with Gasteiger partial charge in [-0.2, -0.15) is 0 Å². The summed E-state index contributed by atoms with van der Waals surface area (Å²) < 4.78 is 4.82. The van der Waals surface area contributed by atoms with Crippen molar-refractivity contribution >= 4 is 65.3 Å². The van der Waals surface area contributed by atoms with Gasteiger partial charge >= 0.3 is 0 Å². The third kappa shape index (κ3) is 4.22. The van der Waals surface area contributed by atoms with Crippen LogP contribution in [0.15, 0.2) is 170 Å². The topological polar surface area (TPSA) is 35.6 Å². The van der Waals surface area contributed by atoms with E-state index >= 15 is 0 Å². The van der Waals surface area contributed by atoms with Crippen LogP contribution in [-0.2, 0) is 5.41 Å². The van der Waals surface area contributed by atoms with E-state index in [1.807, 2.05) is 0 Å². The van der Waals surface area contributed by atoms with Crippen molar-refractivity contribution in [2.75, 3.05) is 0 Å². The molecule has 0 aliphatic heterocycles. The first kappa shape index (κ1) is 30.4.